The summed E-state index contributed by atoms with van der Waals surface area (Å²) >= 11 is 1.56. The first-order valence-corrected chi connectivity index (χ1v) is 8.72. The van der Waals surface area contributed by atoms with Gasteiger partial charge in [0.1, 0.15) is 5.60 Å². The van der Waals surface area contributed by atoms with Crippen LogP contribution in [-0.2, 0) is 10.4 Å². The number of likely N-dealkylation sites (tertiary alicyclic amines) is 1. The predicted octanol–water partition coefficient (Wildman–Crippen LogP) is 2.19. The van der Waals surface area contributed by atoms with Crippen molar-refractivity contribution in [2.24, 2.45) is 5.92 Å². The molecule has 2 rings (SSSR count). The lowest BCUT2D eigenvalue weighted by molar-refractivity contribution is -0.127. The molecule has 0 radical (unpaired) electrons. The van der Waals surface area contributed by atoms with Crippen molar-refractivity contribution in [3.8, 4) is 0 Å². The van der Waals surface area contributed by atoms with Crippen molar-refractivity contribution < 1.29 is 9.90 Å². The van der Waals surface area contributed by atoms with Crippen molar-refractivity contribution in [2.45, 2.75) is 38.7 Å². The molecule has 1 atom stereocenters. The molecule has 0 saturated carbocycles. The number of carbonyl (C=O) groups excluding carboxylic acids is 1. The Morgan fingerprint density at radius 3 is 2.81 bits per heavy atom. The van der Waals surface area contributed by atoms with Crippen LogP contribution in [0.1, 0.15) is 38.7 Å². The van der Waals surface area contributed by atoms with Gasteiger partial charge in [0, 0.05) is 5.92 Å². The zero-order chi connectivity index (χ0) is 15.3. The van der Waals surface area contributed by atoms with Gasteiger partial charge in [0.25, 0.3) is 0 Å². The molecule has 1 aromatic heterocycles. The number of amides is 1. The van der Waals surface area contributed by atoms with Gasteiger partial charge in [-0.15, -0.1) is 0 Å². The molecule has 1 aliphatic rings. The van der Waals surface area contributed by atoms with Gasteiger partial charge < -0.3 is 15.3 Å². The number of hydrogen-bond donors (Lipinski definition) is 2. The fourth-order valence-corrected chi connectivity index (χ4v) is 3.59. The first-order valence-electron chi connectivity index (χ1n) is 7.78. The molecule has 0 bridgehead atoms. The standard InChI is InChI=1S/C16H26N2O2S/c1-3-7-18-8-4-13(5-9-18)15(19)17-12-16(2,20)14-6-10-21-11-14/h6,10-11,13,20H,3-5,7-9,12H2,1-2H3,(H,17,19). The fraction of sp³-hybridized carbons (Fsp3) is 0.688. The summed E-state index contributed by atoms with van der Waals surface area (Å²) in [5.74, 6) is 0.179. The largest absolute Gasteiger partial charge is 0.384 e. The van der Waals surface area contributed by atoms with Crippen molar-refractivity contribution in [1.82, 2.24) is 10.2 Å². The Morgan fingerprint density at radius 2 is 2.24 bits per heavy atom. The van der Waals surface area contributed by atoms with Crippen LogP contribution in [0.3, 0.4) is 0 Å². The maximum Gasteiger partial charge on any atom is 0.223 e. The molecule has 21 heavy (non-hydrogen) atoms. The Bertz CT molecular complexity index is 437. The summed E-state index contributed by atoms with van der Waals surface area (Å²) in [6.45, 7) is 7.35. The second-order valence-electron chi connectivity index (χ2n) is 6.12. The maximum absolute atomic E-state index is 12.2. The Labute approximate surface area is 131 Å². The highest BCUT2D eigenvalue weighted by atomic mass is 32.1. The minimum Gasteiger partial charge on any atom is -0.384 e. The van der Waals surface area contributed by atoms with E-state index in [9.17, 15) is 9.90 Å². The first-order chi connectivity index (χ1) is 10.0. The highest BCUT2D eigenvalue weighted by Crippen LogP contribution is 2.23. The van der Waals surface area contributed by atoms with Crippen molar-refractivity contribution in [3.05, 3.63) is 22.4 Å². The lowest BCUT2D eigenvalue weighted by Gasteiger charge is -2.31. The summed E-state index contributed by atoms with van der Waals surface area (Å²) in [6.07, 6.45) is 3.01. The summed E-state index contributed by atoms with van der Waals surface area (Å²) in [4.78, 5) is 14.7. The van der Waals surface area contributed by atoms with Crippen LogP contribution in [0.5, 0.6) is 0 Å². The molecule has 2 N–H and O–H groups in total. The van der Waals surface area contributed by atoms with Crippen molar-refractivity contribution in [1.29, 1.82) is 0 Å². The Balaban J connectivity index is 1.78. The first kappa shape index (κ1) is 16.5. The molecule has 0 aliphatic carbocycles. The summed E-state index contributed by atoms with van der Waals surface area (Å²) in [7, 11) is 0. The zero-order valence-corrected chi connectivity index (χ0v) is 13.8. The van der Waals surface area contributed by atoms with Crippen molar-refractivity contribution in [2.75, 3.05) is 26.2 Å². The van der Waals surface area contributed by atoms with E-state index in [0.717, 1.165) is 38.0 Å². The number of nitrogens with one attached hydrogen (secondary N) is 1. The van der Waals surface area contributed by atoms with E-state index in [1.807, 2.05) is 16.8 Å². The van der Waals surface area contributed by atoms with Gasteiger partial charge in [-0.1, -0.05) is 6.92 Å². The van der Waals surface area contributed by atoms with Gasteiger partial charge in [-0.2, -0.15) is 11.3 Å². The molecule has 1 saturated heterocycles. The average molecular weight is 310 g/mol. The predicted molar refractivity (Wildman–Crippen MR) is 86.4 cm³/mol. The molecular formula is C16H26N2O2S. The normalized spacial score (nSPS) is 20.1. The van der Waals surface area contributed by atoms with E-state index in [-0.39, 0.29) is 18.4 Å². The third kappa shape index (κ3) is 4.53. The van der Waals surface area contributed by atoms with Gasteiger partial charge >= 0.3 is 0 Å². The number of hydrogen-bond acceptors (Lipinski definition) is 4. The summed E-state index contributed by atoms with van der Waals surface area (Å²) in [5, 5.41) is 17.2. The molecule has 1 fully saturated rings. The van der Waals surface area contributed by atoms with Crippen LogP contribution in [0.15, 0.2) is 16.8 Å². The minimum atomic E-state index is -0.988. The summed E-state index contributed by atoms with van der Waals surface area (Å²) in [5.41, 5.74) is -0.121. The molecule has 2 heterocycles. The number of piperidine rings is 1. The van der Waals surface area contributed by atoms with Crippen molar-refractivity contribution >= 4 is 17.2 Å². The maximum atomic E-state index is 12.2. The highest BCUT2D eigenvalue weighted by molar-refractivity contribution is 7.08. The van der Waals surface area contributed by atoms with E-state index >= 15 is 0 Å². The van der Waals surface area contributed by atoms with Crippen LogP contribution in [0.4, 0.5) is 0 Å². The van der Waals surface area contributed by atoms with Gasteiger partial charge in [0.15, 0.2) is 0 Å². The number of thiophene rings is 1. The Morgan fingerprint density at radius 1 is 1.52 bits per heavy atom. The highest BCUT2D eigenvalue weighted by Gasteiger charge is 2.28. The van der Waals surface area contributed by atoms with Gasteiger partial charge in [-0.25, -0.2) is 0 Å². The number of nitrogens with zero attached hydrogens (tertiary/aromatic N) is 1. The molecule has 0 aromatic carbocycles. The van der Waals surface area contributed by atoms with Crippen LogP contribution in [0.25, 0.3) is 0 Å². The average Bonchev–Trinajstić information content (AvgIpc) is 3.01. The number of carbonyl (C=O) groups is 1. The van der Waals surface area contributed by atoms with E-state index in [4.69, 9.17) is 0 Å². The molecule has 1 aromatic rings. The van der Waals surface area contributed by atoms with Crippen LogP contribution in [-0.4, -0.2) is 42.1 Å². The minimum absolute atomic E-state index is 0.0849. The zero-order valence-electron chi connectivity index (χ0n) is 13.0. The molecule has 5 heteroatoms. The molecule has 118 valence electrons. The monoisotopic (exact) mass is 310 g/mol. The molecule has 1 amide bonds. The lowest BCUT2D eigenvalue weighted by Crippen LogP contribution is -2.44. The fourth-order valence-electron chi connectivity index (χ4n) is 2.81. The molecular weight excluding hydrogens is 284 g/mol. The Kier molecular flexibility index (Phi) is 5.79. The molecule has 1 aliphatic heterocycles. The van der Waals surface area contributed by atoms with E-state index in [2.05, 4.69) is 17.1 Å². The number of rotatable bonds is 6. The van der Waals surface area contributed by atoms with Crippen LogP contribution < -0.4 is 5.32 Å². The molecule has 1 unspecified atom stereocenters. The van der Waals surface area contributed by atoms with E-state index in [0.29, 0.717) is 0 Å². The number of aliphatic hydroxyl groups is 1. The SMILES string of the molecule is CCCN1CCC(C(=O)NCC(C)(O)c2ccsc2)CC1. The van der Waals surface area contributed by atoms with E-state index in [1.54, 1.807) is 18.3 Å². The second kappa shape index (κ2) is 7.38. The van der Waals surface area contributed by atoms with Crippen LogP contribution >= 0.6 is 11.3 Å². The van der Waals surface area contributed by atoms with Gasteiger partial charge in [-0.3, -0.25) is 4.79 Å². The van der Waals surface area contributed by atoms with Crippen molar-refractivity contribution in [3.63, 3.8) is 0 Å². The van der Waals surface area contributed by atoms with Gasteiger partial charge in [0.05, 0.1) is 6.54 Å². The topological polar surface area (TPSA) is 52.6 Å². The van der Waals surface area contributed by atoms with E-state index in [1.165, 1.54) is 6.42 Å². The lowest BCUT2D eigenvalue weighted by atomic mass is 9.94. The van der Waals surface area contributed by atoms with Crippen LogP contribution in [0, 0.1) is 5.92 Å². The van der Waals surface area contributed by atoms with Gasteiger partial charge in [-0.05, 0) is 68.2 Å². The molecule has 4 nitrogen and oxygen atoms in total. The third-order valence-corrected chi connectivity index (χ3v) is 4.93. The quantitative estimate of drug-likeness (QED) is 0.847. The summed E-state index contributed by atoms with van der Waals surface area (Å²) in [6, 6.07) is 1.90. The van der Waals surface area contributed by atoms with E-state index < -0.39 is 5.60 Å². The van der Waals surface area contributed by atoms with Crippen LogP contribution in [0.2, 0.25) is 0 Å². The molecule has 0 spiro atoms. The van der Waals surface area contributed by atoms with Gasteiger partial charge in [0.2, 0.25) is 5.91 Å². The summed E-state index contributed by atoms with van der Waals surface area (Å²) < 4.78 is 0. The Hall–Kier alpha value is -0.910. The second-order valence-corrected chi connectivity index (χ2v) is 6.90. The smallest absolute Gasteiger partial charge is 0.223 e. The third-order valence-electron chi connectivity index (χ3n) is 4.25.